The van der Waals surface area contributed by atoms with Gasteiger partial charge in [0.2, 0.25) is 0 Å². The van der Waals surface area contributed by atoms with Gasteiger partial charge in [-0.25, -0.2) is 21.6 Å². The zero-order chi connectivity index (χ0) is 14.4. The molecule has 1 aliphatic rings. The van der Waals surface area contributed by atoms with Crippen molar-refractivity contribution in [3.8, 4) is 0 Å². The monoisotopic (exact) mass is 293 g/mol. The number of rotatable bonds is 3. The van der Waals surface area contributed by atoms with Gasteiger partial charge in [-0.3, -0.25) is 0 Å². The molecule has 1 aromatic rings. The molecule has 0 aliphatic heterocycles. The van der Waals surface area contributed by atoms with Gasteiger partial charge in [0.1, 0.15) is 10.7 Å². The molecule has 0 amide bonds. The molecule has 1 aliphatic carbocycles. The summed E-state index contributed by atoms with van der Waals surface area (Å²) in [5.74, 6) is -4.24. The Balaban J connectivity index is 2.69. The number of benzene rings is 1. The SMILES string of the molecule is CS(=O)(=O)c1c(F)cc(C2(CN)CCC2)c(F)c1F. The Morgan fingerprint density at radius 2 is 1.84 bits per heavy atom. The average Bonchev–Trinajstić information content (AvgIpc) is 2.22. The van der Waals surface area contributed by atoms with Crippen LogP contribution in [0.25, 0.3) is 0 Å². The van der Waals surface area contributed by atoms with Gasteiger partial charge in [0.15, 0.2) is 21.5 Å². The Kier molecular flexibility index (Phi) is 3.38. The summed E-state index contributed by atoms with van der Waals surface area (Å²) in [5, 5.41) is 0. The highest BCUT2D eigenvalue weighted by Gasteiger charge is 2.41. The summed E-state index contributed by atoms with van der Waals surface area (Å²) in [7, 11) is -4.17. The van der Waals surface area contributed by atoms with Crippen LogP contribution in [-0.2, 0) is 15.3 Å². The number of hydrogen-bond donors (Lipinski definition) is 1. The molecular weight excluding hydrogens is 279 g/mol. The Morgan fingerprint density at radius 1 is 1.26 bits per heavy atom. The third-order valence-electron chi connectivity index (χ3n) is 3.76. The van der Waals surface area contributed by atoms with E-state index in [9.17, 15) is 21.6 Å². The predicted molar refractivity (Wildman–Crippen MR) is 64.0 cm³/mol. The molecule has 0 spiro atoms. The molecular formula is C12H14F3NO2S. The molecule has 0 atom stereocenters. The van der Waals surface area contributed by atoms with E-state index in [0.29, 0.717) is 19.1 Å². The molecule has 1 aromatic carbocycles. The van der Waals surface area contributed by atoms with E-state index in [0.717, 1.165) is 12.5 Å². The van der Waals surface area contributed by atoms with E-state index in [2.05, 4.69) is 0 Å². The van der Waals surface area contributed by atoms with Gasteiger partial charge in [0.25, 0.3) is 0 Å². The van der Waals surface area contributed by atoms with Gasteiger partial charge in [-0.15, -0.1) is 0 Å². The molecule has 0 heterocycles. The lowest BCUT2D eigenvalue weighted by Crippen LogP contribution is -2.42. The van der Waals surface area contributed by atoms with E-state index in [1.54, 1.807) is 0 Å². The summed E-state index contributed by atoms with van der Waals surface area (Å²) < 4.78 is 64.2. The predicted octanol–water partition coefficient (Wildman–Crippen LogP) is 1.89. The Labute approximate surface area is 109 Å². The minimum Gasteiger partial charge on any atom is -0.330 e. The highest BCUT2D eigenvalue weighted by Crippen LogP contribution is 2.45. The lowest BCUT2D eigenvalue weighted by Gasteiger charge is -2.41. The summed E-state index contributed by atoms with van der Waals surface area (Å²) in [6, 6.07) is 0.765. The van der Waals surface area contributed by atoms with Crippen molar-refractivity contribution in [2.45, 2.75) is 29.6 Å². The average molecular weight is 293 g/mol. The minimum absolute atomic E-state index is 0.0705. The number of nitrogens with two attached hydrogens (primary N) is 1. The van der Waals surface area contributed by atoms with Crippen LogP contribution in [-0.4, -0.2) is 21.2 Å². The van der Waals surface area contributed by atoms with Crippen LogP contribution in [0.1, 0.15) is 24.8 Å². The van der Waals surface area contributed by atoms with E-state index in [1.165, 1.54) is 0 Å². The van der Waals surface area contributed by atoms with Crippen molar-refractivity contribution in [2.75, 3.05) is 12.8 Å². The third-order valence-corrected chi connectivity index (χ3v) is 4.88. The Morgan fingerprint density at radius 3 is 2.21 bits per heavy atom. The fourth-order valence-corrected chi connectivity index (χ4v) is 3.32. The van der Waals surface area contributed by atoms with Crippen LogP contribution >= 0.6 is 0 Å². The maximum atomic E-state index is 14.0. The second kappa shape index (κ2) is 4.49. The van der Waals surface area contributed by atoms with Crippen molar-refractivity contribution in [3.05, 3.63) is 29.1 Å². The molecule has 0 radical (unpaired) electrons. The quantitative estimate of drug-likeness (QED) is 0.866. The summed E-state index contributed by atoms with van der Waals surface area (Å²) in [5.41, 5.74) is 4.62. The fourth-order valence-electron chi connectivity index (χ4n) is 2.49. The molecule has 0 bridgehead atoms. The number of halogens is 3. The largest absolute Gasteiger partial charge is 0.330 e. The van der Waals surface area contributed by atoms with Crippen LogP contribution in [0.5, 0.6) is 0 Å². The van der Waals surface area contributed by atoms with Gasteiger partial charge in [0, 0.05) is 23.8 Å². The van der Waals surface area contributed by atoms with E-state index in [-0.39, 0.29) is 12.1 Å². The normalized spacial score (nSPS) is 18.2. The highest BCUT2D eigenvalue weighted by atomic mass is 32.2. The molecule has 0 saturated heterocycles. The smallest absolute Gasteiger partial charge is 0.181 e. The first-order valence-electron chi connectivity index (χ1n) is 5.81. The lowest BCUT2D eigenvalue weighted by atomic mass is 9.64. The summed E-state index contributed by atoms with van der Waals surface area (Å²) in [6.07, 6.45) is 2.51. The molecule has 1 fully saturated rings. The van der Waals surface area contributed by atoms with Gasteiger partial charge in [-0.05, 0) is 18.9 Å². The Bertz CT molecular complexity index is 619. The fraction of sp³-hybridized carbons (Fsp3) is 0.500. The molecule has 2 N–H and O–H groups in total. The van der Waals surface area contributed by atoms with Gasteiger partial charge < -0.3 is 5.73 Å². The first-order chi connectivity index (χ1) is 8.73. The zero-order valence-electron chi connectivity index (χ0n) is 10.3. The van der Waals surface area contributed by atoms with E-state index in [4.69, 9.17) is 5.73 Å². The van der Waals surface area contributed by atoms with Gasteiger partial charge in [-0.2, -0.15) is 0 Å². The van der Waals surface area contributed by atoms with E-state index < -0.39 is 37.6 Å². The van der Waals surface area contributed by atoms with Crippen molar-refractivity contribution in [2.24, 2.45) is 5.73 Å². The lowest BCUT2D eigenvalue weighted by molar-refractivity contribution is 0.239. The molecule has 0 unspecified atom stereocenters. The zero-order valence-corrected chi connectivity index (χ0v) is 11.2. The van der Waals surface area contributed by atoms with Crippen molar-refractivity contribution >= 4 is 9.84 Å². The molecule has 3 nitrogen and oxygen atoms in total. The highest BCUT2D eigenvalue weighted by molar-refractivity contribution is 7.90. The van der Waals surface area contributed by atoms with E-state index >= 15 is 0 Å². The Hall–Kier alpha value is -1.08. The maximum Gasteiger partial charge on any atom is 0.181 e. The molecule has 1 saturated carbocycles. The topological polar surface area (TPSA) is 60.2 Å². The minimum atomic E-state index is -4.17. The molecule has 0 aromatic heterocycles. The summed E-state index contributed by atoms with van der Waals surface area (Å²) >= 11 is 0. The first kappa shape index (κ1) is 14.3. The van der Waals surface area contributed by atoms with Crippen LogP contribution in [0.4, 0.5) is 13.2 Å². The standard InChI is InChI=1S/C12H14F3NO2S/c1-19(17,18)11-8(13)5-7(9(14)10(11)15)12(6-16)3-2-4-12/h5H,2-4,6,16H2,1H3. The summed E-state index contributed by atoms with van der Waals surface area (Å²) in [6.45, 7) is 0.0705. The second-order valence-corrected chi connectivity index (χ2v) is 6.93. The molecule has 106 valence electrons. The van der Waals surface area contributed by atoms with Gasteiger partial charge in [0.05, 0.1) is 0 Å². The van der Waals surface area contributed by atoms with Gasteiger partial charge >= 0.3 is 0 Å². The first-order valence-corrected chi connectivity index (χ1v) is 7.70. The summed E-state index contributed by atoms with van der Waals surface area (Å²) in [4.78, 5) is -1.22. The molecule has 2 rings (SSSR count). The van der Waals surface area contributed by atoms with Crippen LogP contribution < -0.4 is 5.73 Å². The second-order valence-electron chi connectivity index (χ2n) is 4.97. The molecule has 7 heteroatoms. The number of hydrogen-bond acceptors (Lipinski definition) is 3. The van der Waals surface area contributed by atoms with Gasteiger partial charge in [-0.1, -0.05) is 6.42 Å². The van der Waals surface area contributed by atoms with Crippen molar-refractivity contribution in [1.29, 1.82) is 0 Å². The third kappa shape index (κ3) is 2.14. The van der Waals surface area contributed by atoms with Crippen LogP contribution in [0, 0.1) is 17.5 Å². The van der Waals surface area contributed by atoms with Crippen molar-refractivity contribution < 1.29 is 21.6 Å². The van der Waals surface area contributed by atoms with Crippen LogP contribution in [0.15, 0.2) is 11.0 Å². The molecule has 19 heavy (non-hydrogen) atoms. The maximum absolute atomic E-state index is 14.0. The van der Waals surface area contributed by atoms with Crippen LogP contribution in [0.3, 0.4) is 0 Å². The van der Waals surface area contributed by atoms with E-state index in [1.807, 2.05) is 0 Å². The number of sulfone groups is 1. The van der Waals surface area contributed by atoms with Crippen LogP contribution in [0.2, 0.25) is 0 Å². The van der Waals surface area contributed by atoms with Crippen molar-refractivity contribution in [1.82, 2.24) is 0 Å². The van der Waals surface area contributed by atoms with Crippen molar-refractivity contribution in [3.63, 3.8) is 0 Å².